The van der Waals surface area contributed by atoms with Crippen LogP contribution in [-0.2, 0) is 22.4 Å². The van der Waals surface area contributed by atoms with E-state index in [1.165, 1.54) is 6.92 Å². The van der Waals surface area contributed by atoms with Crippen LogP contribution >= 0.6 is 0 Å². The van der Waals surface area contributed by atoms with Gasteiger partial charge < -0.3 is 15.7 Å². The lowest BCUT2D eigenvalue weighted by Gasteiger charge is -2.22. The third-order valence-electron chi connectivity index (χ3n) is 3.87. The summed E-state index contributed by atoms with van der Waals surface area (Å²) in [5.41, 5.74) is 1.99. The second kappa shape index (κ2) is 9.59. The lowest BCUT2D eigenvalue weighted by atomic mass is 10.0. The molecule has 0 saturated heterocycles. The molecule has 2 aromatic carbocycles. The number of hydrogen-bond acceptors (Lipinski definition) is 3. The molecule has 25 heavy (non-hydrogen) atoms. The van der Waals surface area contributed by atoms with Gasteiger partial charge in [0.05, 0.1) is 12.6 Å². The first-order valence-corrected chi connectivity index (χ1v) is 8.34. The van der Waals surface area contributed by atoms with Gasteiger partial charge in [0.2, 0.25) is 11.8 Å². The predicted octanol–water partition coefficient (Wildman–Crippen LogP) is 1.45. The Morgan fingerprint density at radius 3 is 1.88 bits per heavy atom. The first-order chi connectivity index (χ1) is 12.1. The minimum absolute atomic E-state index is 0.168. The van der Waals surface area contributed by atoms with Crippen LogP contribution in [-0.4, -0.2) is 35.6 Å². The number of aliphatic hydroxyl groups is 1. The monoisotopic (exact) mass is 340 g/mol. The van der Waals surface area contributed by atoms with Gasteiger partial charge >= 0.3 is 0 Å². The average Bonchev–Trinajstić information content (AvgIpc) is 2.62. The van der Waals surface area contributed by atoms with Crippen molar-refractivity contribution in [3.8, 4) is 0 Å². The Morgan fingerprint density at radius 2 is 1.40 bits per heavy atom. The maximum absolute atomic E-state index is 12.6. The summed E-state index contributed by atoms with van der Waals surface area (Å²) < 4.78 is 0. The summed E-state index contributed by atoms with van der Waals surface area (Å²) in [5, 5.41) is 15.1. The van der Waals surface area contributed by atoms with Crippen LogP contribution in [0.4, 0.5) is 0 Å². The molecule has 0 aromatic heterocycles. The summed E-state index contributed by atoms with van der Waals surface area (Å²) in [6.07, 6.45) is 0.928. The standard InChI is InChI=1S/C20H24N2O3/c1-15(24)21-19(13-17-10-6-3-7-11-17)20(25)22-18(14-23)12-16-8-4-2-5-9-16/h2-11,18-19,23H,12-14H2,1H3,(H,21,24)(H,22,25). The van der Waals surface area contributed by atoms with Gasteiger partial charge in [-0.3, -0.25) is 9.59 Å². The smallest absolute Gasteiger partial charge is 0.243 e. The molecule has 3 N–H and O–H groups in total. The van der Waals surface area contributed by atoms with E-state index >= 15 is 0 Å². The van der Waals surface area contributed by atoms with Crippen LogP contribution < -0.4 is 10.6 Å². The Kier molecular flexibility index (Phi) is 7.16. The second-order valence-electron chi connectivity index (χ2n) is 6.02. The molecule has 2 atom stereocenters. The van der Waals surface area contributed by atoms with Crippen molar-refractivity contribution in [3.05, 3.63) is 71.8 Å². The van der Waals surface area contributed by atoms with Crippen molar-refractivity contribution in [1.29, 1.82) is 0 Å². The number of aliphatic hydroxyl groups excluding tert-OH is 1. The molecule has 132 valence electrons. The summed E-state index contributed by atoms with van der Waals surface area (Å²) in [4.78, 5) is 24.1. The van der Waals surface area contributed by atoms with Crippen molar-refractivity contribution in [2.24, 2.45) is 0 Å². The molecule has 2 rings (SSSR count). The third kappa shape index (κ3) is 6.39. The molecular formula is C20H24N2O3. The number of rotatable bonds is 8. The quantitative estimate of drug-likeness (QED) is 0.681. The Balaban J connectivity index is 2.02. The van der Waals surface area contributed by atoms with E-state index in [1.807, 2.05) is 60.7 Å². The van der Waals surface area contributed by atoms with E-state index in [1.54, 1.807) is 0 Å². The van der Waals surface area contributed by atoms with Gasteiger partial charge in [-0.1, -0.05) is 60.7 Å². The van der Waals surface area contributed by atoms with Gasteiger partial charge in [-0.05, 0) is 17.5 Å². The summed E-state index contributed by atoms with van der Waals surface area (Å²) in [6.45, 7) is 1.22. The van der Waals surface area contributed by atoms with Crippen LogP contribution in [0.5, 0.6) is 0 Å². The molecule has 0 saturated carbocycles. The normalized spacial score (nSPS) is 12.9. The molecule has 0 aliphatic heterocycles. The molecule has 2 amide bonds. The van der Waals surface area contributed by atoms with E-state index in [9.17, 15) is 14.7 Å². The number of amides is 2. The van der Waals surface area contributed by atoms with E-state index in [0.717, 1.165) is 11.1 Å². The summed E-state index contributed by atoms with van der Waals surface area (Å²) in [7, 11) is 0. The van der Waals surface area contributed by atoms with Crippen LogP contribution in [0.1, 0.15) is 18.1 Å². The minimum Gasteiger partial charge on any atom is -0.394 e. The van der Waals surface area contributed by atoms with Crippen molar-refractivity contribution >= 4 is 11.8 Å². The van der Waals surface area contributed by atoms with Gasteiger partial charge in [-0.2, -0.15) is 0 Å². The fourth-order valence-electron chi connectivity index (χ4n) is 2.67. The number of hydrogen-bond donors (Lipinski definition) is 3. The molecule has 0 spiro atoms. The fraction of sp³-hybridized carbons (Fsp3) is 0.300. The minimum atomic E-state index is -0.676. The zero-order valence-corrected chi connectivity index (χ0v) is 14.3. The van der Waals surface area contributed by atoms with Gasteiger partial charge in [0.1, 0.15) is 6.04 Å². The van der Waals surface area contributed by atoms with Crippen LogP contribution in [0, 0.1) is 0 Å². The van der Waals surface area contributed by atoms with Gasteiger partial charge in [0.25, 0.3) is 0 Å². The van der Waals surface area contributed by atoms with E-state index in [4.69, 9.17) is 0 Å². The highest BCUT2D eigenvalue weighted by molar-refractivity contribution is 5.87. The Hall–Kier alpha value is -2.66. The summed E-state index contributed by atoms with van der Waals surface area (Å²) >= 11 is 0. The SMILES string of the molecule is CC(=O)NC(Cc1ccccc1)C(=O)NC(CO)Cc1ccccc1. The molecule has 0 bridgehead atoms. The first-order valence-electron chi connectivity index (χ1n) is 8.34. The Labute approximate surface area is 148 Å². The van der Waals surface area contributed by atoms with E-state index in [2.05, 4.69) is 10.6 Å². The van der Waals surface area contributed by atoms with E-state index < -0.39 is 12.1 Å². The topological polar surface area (TPSA) is 78.4 Å². The zero-order chi connectivity index (χ0) is 18.1. The lowest BCUT2D eigenvalue weighted by molar-refractivity contribution is -0.128. The Morgan fingerprint density at radius 1 is 0.880 bits per heavy atom. The number of carbonyl (C=O) groups excluding carboxylic acids is 2. The lowest BCUT2D eigenvalue weighted by Crippen LogP contribution is -2.51. The summed E-state index contributed by atoms with van der Waals surface area (Å²) in [6, 6.07) is 18.1. The van der Waals surface area contributed by atoms with E-state index in [-0.39, 0.29) is 18.4 Å². The van der Waals surface area contributed by atoms with Gasteiger partial charge in [-0.15, -0.1) is 0 Å². The first kappa shape index (κ1) is 18.7. The molecule has 0 radical (unpaired) electrons. The zero-order valence-electron chi connectivity index (χ0n) is 14.3. The van der Waals surface area contributed by atoms with E-state index in [0.29, 0.717) is 12.8 Å². The Bertz CT molecular complexity index is 674. The molecule has 0 aliphatic rings. The third-order valence-corrected chi connectivity index (χ3v) is 3.87. The van der Waals surface area contributed by atoms with Crippen LogP contribution in [0.2, 0.25) is 0 Å². The highest BCUT2D eigenvalue weighted by Crippen LogP contribution is 2.06. The second-order valence-corrected chi connectivity index (χ2v) is 6.02. The van der Waals surface area contributed by atoms with Crippen molar-refractivity contribution in [1.82, 2.24) is 10.6 Å². The largest absolute Gasteiger partial charge is 0.394 e. The number of carbonyl (C=O) groups is 2. The van der Waals surface area contributed by atoms with Crippen LogP contribution in [0.15, 0.2) is 60.7 Å². The highest BCUT2D eigenvalue weighted by atomic mass is 16.3. The number of nitrogens with one attached hydrogen (secondary N) is 2. The molecule has 2 unspecified atom stereocenters. The van der Waals surface area contributed by atoms with Crippen LogP contribution in [0.25, 0.3) is 0 Å². The number of benzene rings is 2. The van der Waals surface area contributed by atoms with Gasteiger partial charge in [-0.25, -0.2) is 0 Å². The molecular weight excluding hydrogens is 316 g/mol. The van der Waals surface area contributed by atoms with Crippen molar-refractivity contribution < 1.29 is 14.7 Å². The molecule has 5 heteroatoms. The maximum atomic E-state index is 12.6. The van der Waals surface area contributed by atoms with Gasteiger partial charge in [0.15, 0.2) is 0 Å². The van der Waals surface area contributed by atoms with Crippen molar-refractivity contribution in [3.63, 3.8) is 0 Å². The molecule has 0 aliphatic carbocycles. The predicted molar refractivity (Wildman–Crippen MR) is 96.9 cm³/mol. The molecule has 0 fully saturated rings. The highest BCUT2D eigenvalue weighted by Gasteiger charge is 2.22. The average molecular weight is 340 g/mol. The fourth-order valence-corrected chi connectivity index (χ4v) is 2.67. The van der Waals surface area contributed by atoms with Crippen LogP contribution in [0.3, 0.4) is 0 Å². The van der Waals surface area contributed by atoms with Crippen molar-refractivity contribution in [2.75, 3.05) is 6.61 Å². The summed E-state index contributed by atoms with van der Waals surface area (Å²) in [5.74, 6) is -0.561. The maximum Gasteiger partial charge on any atom is 0.243 e. The van der Waals surface area contributed by atoms with Crippen molar-refractivity contribution in [2.45, 2.75) is 31.8 Å². The molecule has 5 nitrogen and oxygen atoms in total. The molecule has 0 heterocycles. The molecule has 2 aromatic rings. The van der Waals surface area contributed by atoms with Gasteiger partial charge in [0, 0.05) is 13.3 Å².